The number of hydrogen-bond donors (Lipinski definition) is 0. The lowest BCUT2D eigenvalue weighted by Gasteiger charge is -1.93. The van der Waals surface area contributed by atoms with Crippen molar-refractivity contribution >= 4 is 21.7 Å². The summed E-state index contributed by atoms with van der Waals surface area (Å²) in [6.07, 6.45) is 1.67. The molecule has 0 aliphatic rings. The van der Waals surface area contributed by atoms with Gasteiger partial charge in [-0.05, 0) is 6.07 Å². The van der Waals surface area contributed by atoms with Gasteiger partial charge in [0, 0.05) is 5.92 Å². The topological polar surface area (TPSA) is 38.7 Å². The second-order valence-electron chi connectivity index (χ2n) is 2.93. The first-order chi connectivity index (χ1) is 5.77. The fourth-order valence-corrected chi connectivity index (χ4v) is 1.84. The Morgan fingerprint density at radius 1 is 1.42 bits per heavy atom. The zero-order valence-corrected chi connectivity index (χ0v) is 7.80. The number of hydrogen-bond acceptors (Lipinski definition) is 4. The maximum Gasteiger partial charge on any atom is 0.166 e. The highest BCUT2D eigenvalue weighted by molar-refractivity contribution is 7.18. The zero-order valence-electron chi connectivity index (χ0n) is 6.98. The van der Waals surface area contributed by atoms with E-state index in [1.165, 1.54) is 0 Å². The van der Waals surface area contributed by atoms with Gasteiger partial charge in [0.05, 0.1) is 11.2 Å². The molecule has 2 aromatic rings. The number of fused-ring (bicyclic) bond motifs is 1. The molecule has 2 aromatic heterocycles. The summed E-state index contributed by atoms with van der Waals surface area (Å²) in [6, 6.07) is 1.89. The molecule has 0 aliphatic carbocycles. The molecule has 0 atom stereocenters. The zero-order chi connectivity index (χ0) is 8.55. The van der Waals surface area contributed by atoms with Crippen molar-refractivity contribution in [2.45, 2.75) is 19.8 Å². The Morgan fingerprint density at radius 3 is 2.92 bits per heavy atom. The van der Waals surface area contributed by atoms with Gasteiger partial charge in [-0.1, -0.05) is 25.2 Å². The highest BCUT2D eigenvalue weighted by Gasteiger charge is 2.06. The average molecular weight is 179 g/mol. The van der Waals surface area contributed by atoms with Crippen LogP contribution in [0.4, 0.5) is 0 Å². The van der Waals surface area contributed by atoms with Crippen molar-refractivity contribution in [1.29, 1.82) is 0 Å². The lowest BCUT2D eigenvalue weighted by molar-refractivity contribution is 0.856. The van der Waals surface area contributed by atoms with Crippen LogP contribution in [0, 0.1) is 0 Å². The molecular formula is C8H9N3S. The van der Waals surface area contributed by atoms with Crippen LogP contribution < -0.4 is 0 Å². The Bertz CT molecular complexity index is 361. The van der Waals surface area contributed by atoms with E-state index in [0.717, 1.165) is 15.4 Å². The number of thiazole rings is 1. The minimum absolute atomic E-state index is 0.476. The van der Waals surface area contributed by atoms with Crippen LogP contribution in [0.25, 0.3) is 10.3 Å². The summed E-state index contributed by atoms with van der Waals surface area (Å²) in [6.45, 7) is 4.26. The first-order valence-corrected chi connectivity index (χ1v) is 4.67. The second-order valence-corrected chi connectivity index (χ2v) is 3.94. The van der Waals surface area contributed by atoms with Crippen LogP contribution in [-0.2, 0) is 0 Å². The fourth-order valence-electron chi connectivity index (χ4n) is 0.958. The van der Waals surface area contributed by atoms with Gasteiger partial charge in [0.1, 0.15) is 5.52 Å². The van der Waals surface area contributed by atoms with E-state index < -0.39 is 0 Å². The molecule has 62 valence electrons. The third-order valence-corrected chi connectivity index (χ3v) is 2.85. The summed E-state index contributed by atoms with van der Waals surface area (Å²) in [4.78, 5) is 5.36. The van der Waals surface area contributed by atoms with E-state index >= 15 is 0 Å². The highest BCUT2D eigenvalue weighted by atomic mass is 32.1. The molecule has 0 saturated carbocycles. The van der Waals surface area contributed by atoms with Crippen LogP contribution in [0.5, 0.6) is 0 Å². The lowest BCUT2D eigenvalue weighted by Crippen LogP contribution is -1.82. The van der Waals surface area contributed by atoms with E-state index in [1.807, 2.05) is 6.07 Å². The van der Waals surface area contributed by atoms with Gasteiger partial charge in [0.15, 0.2) is 4.83 Å². The third kappa shape index (κ3) is 1.18. The van der Waals surface area contributed by atoms with Crippen molar-refractivity contribution in [2.24, 2.45) is 0 Å². The molecule has 2 rings (SSSR count). The van der Waals surface area contributed by atoms with Crippen molar-refractivity contribution in [2.75, 3.05) is 0 Å². The standard InChI is InChI=1S/C8H9N3S/c1-5(2)7-10-6-3-4-9-11-8(6)12-7/h3-5H,1-2H3. The summed E-state index contributed by atoms with van der Waals surface area (Å²) in [5, 5.41) is 8.93. The Balaban J connectivity index is 2.62. The molecule has 0 aliphatic heterocycles. The van der Waals surface area contributed by atoms with Crippen molar-refractivity contribution in [1.82, 2.24) is 15.2 Å². The quantitative estimate of drug-likeness (QED) is 0.673. The van der Waals surface area contributed by atoms with Gasteiger partial charge < -0.3 is 0 Å². The van der Waals surface area contributed by atoms with Gasteiger partial charge in [-0.3, -0.25) is 0 Å². The van der Waals surface area contributed by atoms with Gasteiger partial charge in [0.2, 0.25) is 0 Å². The molecule has 0 aromatic carbocycles. The predicted octanol–water partition coefficient (Wildman–Crippen LogP) is 2.21. The van der Waals surface area contributed by atoms with Gasteiger partial charge in [0.25, 0.3) is 0 Å². The van der Waals surface area contributed by atoms with Gasteiger partial charge >= 0.3 is 0 Å². The van der Waals surface area contributed by atoms with Gasteiger partial charge in [-0.15, -0.1) is 5.10 Å². The van der Waals surface area contributed by atoms with Crippen molar-refractivity contribution in [3.05, 3.63) is 17.3 Å². The first kappa shape index (κ1) is 7.61. The molecule has 0 fully saturated rings. The Hall–Kier alpha value is -1.03. The summed E-state index contributed by atoms with van der Waals surface area (Å²) in [5.74, 6) is 0.476. The van der Waals surface area contributed by atoms with Gasteiger partial charge in [-0.25, -0.2) is 4.98 Å². The molecule has 0 amide bonds. The largest absolute Gasteiger partial charge is 0.239 e. The maximum absolute atomic E-state index is 4.43. The molecular weight excluding hydrogens is 170 g/mol. The maximum atomic E-state index is 4.43. The van der Waals surface area contributed by atoms with Crippen LogP contribution in [0.3, 0.4) is 0 Å². The smallest absolute Gasteiger partial charge is 0.166 e. The Labute approximate surface area is 74.5 Å². The molecule has 0 bridgehead atoms. The summed E-state index contributed by atoms with van der Waals surface area (Å²) in [5.41, 5.74) is 0.957. The van der Waals surface area contributed by atoms with Crippen LogP contribution >= 0.6 is 11.3 Å². The van der Waals surface area contributed by atoms with E-state index in [1.54, 1.807) is 17.5 Å². The van der Waals surface area contributed by atoms with E-state index in [0.29, 0.717) is 5.92 Å². The fraction of sp³-hybridized carbons (Fsp3) is 0.375. The summed E-state index contributed by atoms with van der Waals surface area (Å²) < 4.78 is 0. The number of aromatic nitrogens is 3. The predicted molar refractivity (Wildman–Crippen MR) is 49.3 cm³/mol. The normalized spacial score (nSPS) is 11.2. The van der Waals surface area contributed by atoms with E-state index in [9.17, 15) is 0 Å². The van der Waals surface area contributed by atoms with E-state index in [4.69, 9.17) is 0 Å². The average Bonchev–Trinajstić information content (AvgIpc) is 2.46. The lowest BCUT2D eigenvalue weighted by atomic mass is 10.2. The first-order valence-electron chi connectivity index (χ1n) is 3.85. The summed E-state index contributed by atoms with van der Waals surface area (Å²) in [7, 11) is 0. The van der Waals surface area contributed by atoms with Crippen LogP contribution in [0.1, 0.15) is 24.8 Å². The van der Waals surface area contributed by atoms with Crippen molar-refractivity contribution in [3.63, 3.8) is 0 Å². The molecule has 0 radical (unpaired) electrons. The molecule has 4 heteroatoms. The Morgan fingerprint density at radius 2 is 2.25 bits per heavy atom. The minimum atomic E-state index is 0.476. The van der Waals surface area contributed by atoms with Crippen molar-refractivity contribution in [3.8, 4) is 0 Å². The van der Waals surface area contributed by atoms with Crippen LogP contribution in [-0.4, -0.2) is 15.2 Å². The van der Waals surface area contributed by atoms with Gasteiger partial charge in [-0.2, -0.15) is 5.10 Å². The number of rotatable bonds is 1. The van der Waals surface area contributed by atoms with Crippen molar-refractivity contribution < 1.29 is 0 Å². The SMILES string of the molecule is CC(C)c1nc2ccnnc2s1. The highest BCUT2D eigenvalue weighted by Crippen LogP contribution is 2.24. The number of nitrogens with zero attached hydrogens (tertiary/aromatic N) is 3. The molecule has 0 N–H and O–H groups in total. The second kappa shape index (κ2) is 2.79. The molecule has 12 heavy (non-hydrogen) atoms. The summed E-state index contributed by atoms with van der Waals surface area (Å²) >= 11 is 1.62. The molecule has 0 spiro atoms. The van der Waals surface area contributed by atoms with E-state index in [-0.39, 0.29) is 0 Å². The molecule has 0 saturated heterocycles. The van der Waals surface area contributed by atoms with Crippen LogP contribution in [0.2, 0.25) is 0 Å². The molecule has 3 nitrogen and oxygen atoms in total. The van der Waals surface area contributed by atoms with E-state index in [2.05, 4.69) is 29.0 Å². The third-order valence-electron chi connectivity index (χ3n) is 1.59. The Kier molecular flexibility index (Phi) is 1.77. The minimum Gasteiger partial charge on any atom is -0.239 e. The molecule has 0 unspecified atom stereocenters. The monoisotopic (exact) mass is 179 g/mol. The molecule has 2 heterocycles. The van der Waals surface area contributed by atoms with Crippen LogP contribution in [0.15, 0.2) is 12.3 Å².